The third-order valence-corrected chi connectivity index (χ3v) is 8.28. The Morgan fingerprint density at radius 1 is 0.971 bits per heavy atom. The molecule has 184 valence electrons. The molecule has 2 aromatic heterocycles. The number of benzene rings is 1. The van der Waals surface area contributed by atoms with Crippen LogP contribution in [0.15, 0.2) is 42.7 Å². The minimum Gasteiger partial charge on any atom is -0.369 e. The van der Waals surface area contributed by atoms with Gasteiger partial charge in [0.25, 0.3) is 0 Å². The molecule has 7 nitrogen and oxygen atoms in total. The molecule has 0 spiro atoms. The second kappa shape index (κ2) is 9.78. The molecule has 2 saturated heterocycles. The molecule has 2 aliphatic rings. The molecule has 0 atom stereocenters. The zero-order valence-electron chi connectivity index (χ0n) is 20.1. The van der Waals surface area contributed by atoms with Gasteiger partial charge in [0, 0.05) is 58.5 Å². The summed E-state index contributed by atoms with van der Waals surface area (Å²) in [5.74, 6) is 2.45. The molecule has 0 radical (unpaired) electrons. The summed E-state index contributed by atoms with van der Waals surface area (Å²) in [5, 5.41) is 10.7. The SMILES string of the molecule is CC(=O)N1CCC(c2ccccc2)(c2nnc(C3CCN(c4c(Cl)cncc4Cl)CC3)n2C)CC1. The molecule has 3 aromatic rings. The van der Waals surface area contributed by atoms with Crippen molar-refractivity contribution in [1.82, 2.24) is 24.6 Å². The first-order valence-electron chi connectivity index (χ1n) is 12.2. The van der Waals surface area contributed by atoms with Crippen LogP contribution in [-0.2, 0) is 17.3 Å². The largest absolute Gasteiger partial charge is 0.369 e. The van der Waals surface area contributed by atoms with Crippen molar-refractivity contribution in [2.24, 2.45) is 7.05 Å². The predicted molar refractivity (Wildman–Crippen MR) is 138 cm³/mol. The molecule has 9 heteroatoms. The van der Waals surface area contributed by atoms with E-state index in [0.29, 0.717) is 16.0 Å². The highest BCUT2D eigenvalue weighted by atomic mass is 35.5. The predicted octanol–water partition coefficient (Wildman–Crippen LogP) is 4.83. The van der Waals surface area contributed by atoms with Crippen LogP contribution in [0.5, 0.6) is 0 Å². The summed E-state index contributed by atoms with van der Waals surface area (Å²) in [7, 11) is 2.09. The van der Waals surface area contributed by atoms with E-state index in [-0.39, 0.29) is 11.3 Å². The van der Waals surface area contributed by atoms with Gasteiger partial charge in [-0.1, -0.05) is 53.5 Å². The molecule has 35 heavy (non-hydrogen) atoms. The summed E-state index contributed by atoms with van der Waals surface area (Å²) < 4.78 is 2.21. The maximum absolute atomic E-state index is 12.0. The van der Waals surface area contributed by atoms with Crippen molar-refractivity contribution in [2.75, 3.05) is 31.1 Å². The Labute approximate surface area is 216 Å². The van der Waals surface area contributed by atoms with Gasteiger partial charge in [-0.2, -0.15) is 0 Å². The van der Waals surface area contributed by atoms with Gasteiger partial charge in [0.2, 0.25) is 5.91 Å². The van der Waals surface area contributed by atoms with Crippen molar-refractivity contribution >= 4 is 34.8 Å². The fourth-order valence-corrected chi connectivity index (χ4v) is 6.39. The van der Waals surface area contributed by atoms with Crippen molar-refractivity contribution < 1.29 is 4.79 Å². The monoisotopic (exact) mass is 512 g/mol. The number of likely N-dealkylation sites (tertiary alicyclic amines) is 1. The number of piperidine rings is 2. The van der Waals surface area contributed by atoms with E-state index in [9.17, 15) is 4.79 Å². The third-order valence-electron chi connectivity index (χ3n) is 7.73. The van der Waals surface area contributed by atoms with Crippen molar-refractivity contribution in [3.05, 3.63) is 70.0 Å². The van der Waals surface area contributed by atoms with E-state index in [4.69, 9.17) is 33.4 Å². The molecule has 0 unspecified atom stereocenters. The zero-order chi connectivity index (χ0) is 24.6. The van der Waals surface area contributed by atoms with Crippen LogP contribution < -0.4 is 4.90 Å². The van der Waals surface area contributed by atoms with Gasteiger partial charge in [-0.3, -0.25) is 9.78 Å². The first kappa shape index (κ1) is 24.1. The average Bonchev–Trinajstić information content (AvgIpc) is 3.26. The van der Waals surface area contributed by atoms with Gasteiger partial charge in [-0.05, 0) is 31.2 Å². The Morgan fingerprint density at radius 2 is 1.60 bits per heavy atom. The molecule has 1 amide bonds. The summed E-state index contributed by atoms with van der Waals surface area (Å²) in [6.07, 6.45) is 6.84. The molecule has 0 N–H and O–H groups in total. The number of aromatic nitrogens is 4. The summed E-state index contributed by atoms with van der Waals surface area (Å²) in [5.41, 5.74) is 1.84. The molecule has 1 aromatic carbocycles. The van der Waals surface area contributed by atoms with E-state index in [1.807, 2.05) is 11.0 Å². The second-order valence-electron chi connectivity index (χ2n) is 9.61. The van der Waals surface area contributed by atoms with Gasteiger partial charge in [0.1, 0.15) is 11.6 Å². The maximum atomic E-state index is 12.0. The third kappa shape index (κ3) is 4.40. The standard InChI is InChI=1S/C26H30Cl2N6O/c1-18(35)33-14-10-26(11-15-33,20-6-4-3-5-7-20)25-31-30-24(32(25)2)19-8-12-34(13-9-19)23-21(27)16-29-17-22(23)28/h3-7,16-17,19H,8-15H2,1-2H3. The number of amides is 1. The lowest BCUT2D eigenvalue weighted by Gasteiger charge is -2.41. The molecule has 0 saturated carbocycles. The van der Waals surface area contributed by atoms with E-state index in [1.54, 1.807) is 19.3 Å². The number of hydrogen-bond donors (Lipinski definition) is 0. The van der Waals surface area contributed by atoms with Crippen molar-refractivity contribution in [2.45, 2.75) is 43.9 Å². The van der Waals surface area contributed by atoms with Gasteiger partial charge < -0.3 is 14.4 Å². The highest BCUT2D eigenvalue weighted by Crippen LogP contribution is 2.42. The maximum Gasteiger partial charge on any atom is 0.219 e. The molecule has 0 bridgehead atoms. The lowest BCUT2D eigenvalue weighted by atomic mass is 9.72. The van der Waals surface area contributed by atoms with Crippen molar-refractivity contribution in [1.29, 1.82) is 0 Å². The van der Waals surface area contributed by atoms with Gasteiger partial charge in [0.15, 0.2) is 0 Å². The Hall–Kier alpha value is -2.64. The van der Waals surface area contributed by atoms with E-state index in [0.717, 1.165) is 69.2 Å². The smallest absolute Gasteiger partial charge is 0.219 e. The zero-order valence-corrected chi connectivity index (χ0v) is 21.6. The number of pyridine rings is 1. The number of hydrogen-bond acceptors (Lipinski definition) is 5. The number of nitrogens with zero attached hydrogens (tertiary/aromatic N) is 6. The van der Waals surface area contributed by atoms with Crippen LogP contribution in [0.2, 0.25) is 10.0 Å². The number of anilines is 1. The van der Waals surface area contributed by atoms with Crippen LogP contribution in [0.1, 0.15) is 55.7 Å². The number of carbonyl (C=O) groups is 1. The normalized spacial score (nSPS) is 18.6. The second-order valence-corrected chi connectivity index (χ2v) is 10.4. The average molecular weight is 513 g/mol. The topological polar surface area (TPSA) is 67.2 Å². The Kier molecular flexibility index (Phi) is 6.73. The van der Waals surface area contributed by atoms with E-state index < -0.39 is 0 Å². The van der Waals surface area contributed by atoms with E-state index in [1.165, 1.54) is 5.56 Å². The van der Waals surface area contributed by atoms with Gasteiger partial charge >= 0.3 is 0 Å². The molecule has 5 rings (SSSR count). The van der Waals surface area contributed by atoms with Crippen molar-refractivity contribution in [3.63, 3.8) is 0 Å². The van der Waals surface area contributed by atoms with Gasteiger partial charge in [-0.15, -0.1) is 10.2 Å². The fraction of sp³-hybridized carbons (Fsp3) is 0.462. The molecule has 2 fully saturated rings. The van der Waals surface area contributed by atoms with Crippen LogP contribution in [-0.4, -0.2) is 56.7 Å². The van der Waals surface area contributed by atoms with Crippen LogP contribution >= 0.6 is 23.2 Å². The Bertz CT molecular complexity index is 1180. The molecule has 2 aliphatic heterocycles. The summed E-state index contributed by atoms with van der Waals surface area (Å²) in [4.78, 5) is 20.2. The number of halogens is 2. The van der Waals surface area contributed by atoms with Gasteiger partial charge in [0.05, 0.1) is 21.1 Å². The Morgan fingerprint density at radius 3 is 2.20 bits per heavy atom. The minimum atomic E-state index is -0.258. The summed E-state index contributed by atoms with van der Waals surface area (Å²) in [6.45, 7) is 4.77. The Balaban J connectivity index is 1.40. The number of rotatable bonds is 4. The van der Waals surface area contributed by atoms with Crippen LogP contribution in [0, 0.1) is 0 Å². The lowest BCUT2D eigenvalue weighted by Crippen LogP contribution is -2.46. The van der Waals surface area contributed by atoms with E-state index >= 15 is 0 Å². The van der Waals surface area contributed by atoms with Crippen LogP contribution in [0.3, 0.4) is 0 Å². The van der Waals surface area contributed by atoms with Crippen LogP contribution in [0.25, 0.3) is 0 Å². The number of carbonyl (C=O) groups excluding carboxylic acids is 1. The van der Waals surface area contributed by atoms with Crippen LogP contribution in [0.4, 0.5) is 5.69 Å². The summed E-state index contributed by atoms with van der Waals surface area (Å²) >= 11 is 12.8. The lowest BCUT2D eigenvalue weighted by molar-refractivity contribution is -0.130. The fourth-order valence-electron chi connectivity index (χ4n) is 5.78. The molecule has 0 aliphatic carbocycles. The highest BCUT2D eigenvalue weighted by Gasteiger charge is 2.43. The molecular formula is C26H30Cl2N6O. The first-order valence-corrected chi connectivity index (χ1v) is 12.9. The highest BCUT2D eigenvalue weighted by molar-refractivity contribution is 6.38. The quantitative estimate of drug-likeness (QED) is 0.500. The summed E-state index contributed by atoms with van der Waals surface area (Å²) in [6, 6.07) is 10.6. The van der Waals surface area contributed by atoms with Gasteiger partial charge in [-0.25, -0.2) is 0 Å². The molecule has 4 heterocycles. The minimum absolute atomic E-state index is 0.131. The first-order chi connectivity index (χ1) is 16.9. The van der Waals surface area contributed by atoms with E-state index in [2.05, 4.69) is 45.8 Å². The molecular weight excluding hydrogens is 483 g/mol. The van der Waals surface area contributed by atoms with Crippen molar-refractivity contribution in [3.8, 4) is 0 Å².